The third kappa shape index (κ3) is 8.42. The van der Waals surface area contributed by atoms with Crippen LogP contribution >= 0.6 is 23.2 Å². The van der Waals surface area contributed by atoms with Gasteiger partial charge in [-0.15, -0.1) is 0 Å². The Morgan fingerprint density at radius 2 is 1.55 bits per heavy atom. The molecule has 1 fully saturated rings. The van der Waals surface area contributed by atoms with Gasteiger partial charge in [-0.2, -0.15) is 0 Å². The number of nitro groups is 1. The van der Waals surface area contributed by atoms with Crippen LogP contribution in [0.25, 0.3) is 28.1 Å². The maximum Gasteiger partial charge on any atom is 0.410 e. The molecule has 1 aromatic heterocycles. The number of amides is 1. The zero-order chi connectivity index (χ0) is 34.7. The summed E-state index contributed by atoms with van der Waals surface area (Å²) in [5.74, 6) is 1.55. The first kappa shape index (κ1) is 34.0. The summed E-state index contributed by atoms with van der Waals surface area (Å²) in [5.41, 5.74) is 4.83. The van der Waals surface area contributed by atoms with E-state index in [4.69, 9.17) is 37.7 Å². The number of benzene rings is 4. The molecule has 0 unspecified atom stereocenters. The van der Waals surface area contributed by atoms with E-state index in [9.17, 15) is 14.9 Å². The van der Waals surface area contributed by atoms with Crippen LogP contribution in [0.5, 0.6) is 5.75 Å². The van der Waals surface area contributed by atoms with Gasteiger partial charge in [0.1, 0.15) is 23.3 Å². The molecular formula is C38H36Cl2N4O5. The molecule has 0 radical (unpaired) electrons. The maximum atomic E-state index is 12.4. The number of carbonyl (C=O) groups is 1. The Bertz CT molecular complexity index is 1940. The van der Waals surface area contributed by atoms with Crippen molar-refractivity contribution in [2.75, 3.05) is 13.1 Å². The van der Waals surface area contributed by atoms with Crippen molar-refractivity contribution in [2.45, 2.75) is 51.7 Å². The van der Waals surface area contributed by atoms with Crippen LogP contribution in [0.3, 0.4) is 0 Å². The minimum absolute atomic E-state index is 0.0159. The number of hydrogen-bond acceptors (Lipinski definition) is 6. The van der Waals surface area contributed by atoms with Crippen molar-refractivity contribution in [1.82, 2.24) is 14.5 Å². The van der Waals surface area contributed by atoms with Crippen LogP contribution in [0.1, 0.15) is 45.0 Å². The van der Waals surface area contributed by atoms with Crippen molar-refractivity contribution in [1.29, 1.82) is 0 Å². The second kappa shape index (κ2) is 14.3. The summed E-state index contributed by atoms with van der Waals surface area (Å²) >= 11 is 12.7. The quantitative estimate of drug-likeness (QED) is 0.118. The highest BCUT2D eigenvalue weighted by atomic mass is 35.5. The SMILES string of the molecule is CC(C)(C)OC(=O)N1CCC(Oc2ccc(-c3ccc(Cc4nc(-c5ccc(Cl)cc5Cl)cn4-c4ccc([N+](=O)[O-])cc4)cc3)cc2)CC1. The normalized spacial score (nSPS) is 13.7. The Morgan fingerprint density at radius 1 is 0.918 bits per heavy atom. The summed E-state index contributed by atoms with van der Waals surface area (Å²) in [6, 6.07) is 28.0. The molecule has 0 N–H and O–H groups in total. The van der Waals surface area contributed by atoms with E-state index in [1.807, 2.05) is 61.9 Å². The molecule has 5 aromatic rings. The number of imidazole rings is 1. The fraction of sp³-hybridized carbons (Fsp3) is 0.263. The third-order valence-electron chi connectivity index (χ3n) is 8.23. The van der Waals surface area contributed by atoms with Crippen LogP contribution in [0.4, 0.5) is 10.5 Å². The van der Waals surface area contributed by atoms with E-state index in [1.54, 1.807) is 29.2 Å². The monoisotopic (exact) mass is 698 g/mol. The maximum absolute atomic E-state index is 12.4. The molecule has 1 amide bonds. The zero-order valence-corrected chi connectivity index (χ0v) is 28.9. The van der Waals surface area contributed by atoms with Crippen LogP contribution in [-0.2, 0) is 11.2 Å². The Hall–Kier alpha value is -4.86. The first-order valence-corrected chi connectivity index (χ1v) is 16.8. The van der Waals surface area contributed by atoms with E-state index in [0.29, 0.717) is 35.2 Å². The second-order valence-electron chi connectivity index (χ2n) is 13.0. The lowest BCUT2D eigenvalue weighted by molar-refractivity contribution is -0.384. The number of hydrogen-bond donors (Lipinski definition) is 0. The Balaban J connectivity index is 1.14. The van der Waals surface area contributed by atoms with E-state index in [2.05, 4.69) is 24.3 Å². The fourth-order valence-corrected chi connectivity index (χ4v) is 6.23. The van der Waals surface area contributed by atoms with Crippen molar-refractivity contribution >= 4 is 35.0 Å². The van der Waals surface area contributed by atoms with Gasteiger partial charge in [-0.3, -0.25) is 10.1 Å². The van der Waals surface area contributed by atoms with Gasteiger partial charge in [-0.1, -0.05) is 59.6 Å². The van der Waals surface area contributed by atoms with Crippen LogP contribution in [0.2, 0.25) is 10.0 Å². The van der Waals surface area contributed by atoms with Gasteiger partial charge in [0.2, 0.25) is 0 Å². The number of non-ortho nitro benzene ring substituents is 1. The van der Waals surface area contributed by atoms with Gasteiger partial charge in [0, 0.05) is 67.0 Å². The minimum Gasteiger partial charge on any atom is -0.490 e. The van der Waals surface area contributed by atoms with Crippen molar-refractivity contribution in [3.63, 3.8) is 0 Å². The van der Waals surface area contributed by atoms with E-state index in [0.717, 1.165) is 52.4 Å². The van der Waals surface area contributed by atoms with Crippen molar-refractivity contribution in [3.05, 3.63) is 129 Å². The number of halogens is 2. The van der Waals surface area contributed by atoms with Gasteiger partial charge in [-0.05, 0) is 79.9 Å². The van der Waals surface area contributed by atoms with Crippen molar-refractivity contribution in [2.24, 2.45) is 0 Å². The molecule has 49 heavy (non-hydrogen) atoms. The topological polar surface area (TPSA) is 99.7 Å². The summed E-state index contributed by atoms with van der Waals surface area (Å²) < 4.78 is 13.7. The molecular weight excluding hydrogens is 663 g/mol. The van der Waals surface area contributed by atoms with Gasteiger partial charge in [0.25, 0.3) is 5.69 Å². The molecule has 4 aromatic carbocycles. The fourth-order valence-electron chi connectivity index (χ4n) is 5.73. The van der Waals surface area contributed by atoms with Gasteiger partial charge in [0.05, 0.1) is 15.6 Å². The molecule has 252 valence electrons. The Kier molecular flexibility index (Phi) is 9.94. The number of likely N-dealkylation sites (tertiary alicyclic amines) is 1. The second-order valence-corrected chi connectivity index (χ2v) is 13.8. The third-order valence-corrected chi connectivity index (χ3v) is 8.77. The molecule has 0 saturated carbocycles. The summed E-state index contributed by atoms with van der Waals surface area (Å²) in [4.78, 5) is 29.9. The molecule has 0 aliphatic carbocycles. The van der Waals surface area contributed by atoms with Crippen molar-refractivity contribution < 1.29 is 19.2 Å². The van der Waals surface area contributed by atoms with Crippen molar-refractivity contribution in [3.8, 4) is 33.8 Å². The van der Waals surface area contributed by atoms with Gasteiger partial charge in [-0.25, -0.2) is 9.78 Å². The number of ether oxygens (including phenoxy) is 2. The Labute approximate surface area is 295 Å². The Morgan fingerprint density at radius 3 is 2.14 bits per heavy atom. The highest BCUT2D eigenvalue weighted by molar-refractivity contribution is 6.36. The summed E-state index contributed by atoms with van der Waals surface area (Å²) in [6.07, 6.45) is 3.66. The van der Waals surface area contributed by atoms with Crippen LogP contribution in [0.15, 0.2) is 97.2 Å². The van der Waals surface area contributed by atoms with E-state index in [-0.39, 0.29) is 17.9 Å². The average molecular weight is 700 g/mol. The first-order valence-electron chi connectivity index (χ1n) is 16.0. The lowest BCUT2D eigenvalue weighted by atomic mass is 10.0. The lowest BCUT2D eigenvalue weighted by Crippen LogP contribution is -2.44. The lowest BCUT2D eigenvalue weighted by Gasteiger charge is -2.33. The van der Waals surface area contributed by atoms with Crippen LogP contribution in [0, 0.1) is 10.1 Å². The summed E-state index contributed by atoms with van der Waals surface area (Å²) in [7, 11) is 0. The number of nitro benzene ring substituents is 1. The predicted octanol–water partition coefficient (Wildman–Crippen LogP) is 9.79. The van der Waals surface area contributed by atoms with Gasteiger partial charge >= 0.3 is 6.09 Å². The summed E-state index contributed by atoms with van der Waals surface area (Å²) in [6.45, 7) is 6.83. The minimum atomic E-state index is -0.509. The van der Waals surface area contributed by atoms with E-state index < -0.39 is 10.5 Å². The molecule has 0 bridgehead atoms. The zero-order valence-electron chi connectivity index (χ0n) is 27.4. The predicted molar refractivity (Wildman–Crippen MR) is 192 cm³/mol. The first-order chi connectivity index (χ1) is 23.4. The van der Waals surface area contributed by atoms with Gasteiger partial charge < -0.3 is 18.9 Å². The molecule has 1 saturated heterocycles. The number of nitrogens with zero attached hydrogens (tertiary/aromatic N) is 4. The molecule has 11 heteroatoms. The summed E-state index contributed by atoms with van der Waals surface area (Å²) in [5, 5.41) is 12.3. The number of aromatic nitrogens is 2. The van der Waals surface area contributed by atoms with Crippen LogP contribution < -0.4 is 4.74 Å². The average Bonchev–Trinajstić information content (AvgIpc) is 3.48. The highest BCUT2D eigenvalue weighted by Gasteiger charge is 2.27. The molecule has 0 spiro atoms. The van der Waals surface area contributed by atoms with E-state index >= 15 is 0 Å². The number of carbonyl (C=O) groups excluding carboxylic acids is 1. The van der Waals surface area contributed by atoms with Gasteiger partial charge in [0.15, 0.2) is 0 Å². The molecule has 9 nitrogen and oxygen atoms in total. The molecule has 1 aliphatic rings. The largest absolute Gasteiger partial charge is 0.490 e. The number of rotatable bonds is 8. The standard InChI is InChI=1S/C38H36Cl2N4O5/c1-38(2,3)49-37(45)42-20-18-32(19-21-42)48-31-15-8-27(9-16-31)26-6-4-25(5-7-26)22-36-41-35(33-17-10-28(39)23-34(33)40)24-43(36)29-11-13-30(14-12-29)44(46)47/h4-17,23-24,32H,18-22H2,1-3H3. The molecule has 0 atom stereocenters. The van der Waals surface area contributed by atoms with E-state index in [1.165, 1.54) is 12.1 Å². The number of piperidine rings is 1. The molecule has 6 rings (SSSR count). The smallest absolute Gasteiger partial charge is 0.410 e. The molecule has 2 heterocycles. The van der Waals surface area contributed by atoms with Crippen LogP contribution in [-0.4, -0.2) is 50.3 Å². The highest BCUT2D eigenvalue weighted by Crippen LogP contribution is 2.32. The molecule has 1 aliphatic heterocycles.